The molecule has 3 amide bonds. The van der Waals surface area contributed by atoms with Gasteiger partial charge in [0.2, 0.25) is 5.91 Å². The van der Waals surface area contributed by atoms with Crippen LogP contribution in [0.4, 0.5) is 5.69 Å². The van der Waals surface area contributed by atoms with Crippen molar-refractivity contribution >= 4 is 46.3 Å². The van der Waals surface area contributed by atoms with Crippen LogP contribution in [0.5, 0.6) is 0 Å². The standard InChI is InChI=1S/C20H22ClN3O3S/c1-13(25)22-12-14-6-8-24(9-7-14)20(27)15-4-5-16(21)17(11-15)23-19(26)18-3-2-10-28-18/h2-5,10-11,14H,6-9,12H2,1H3,(H,22,25)(H,23,26). The van der Waals surface area contributed by atoms with E-state index in [1.165, 1.54) is 18.3 Å². The second kappa shape index (κ2) is 9.21. The van der Waals surface area contributed by atoms with Gasteiger partial charge in [0.05, 0.1) is 15.6 Å². The van der Waals surface area contributed by atoms with Crippen LogP contribution in [0.2, 0.25) is 5.02 Å². The van der Waals surface area contributed by atoms with Gasteiger partial charge in [-0.15, -0.1) is 11.3 Å². The molecule has 28 heavy (non-hydrogen) atoms. The number of hydrogen-bond donors (Lipinski definition) is 2. The highest BCUT2D eigenvalue weighted by Gasteiger charge is 2.24. The van der Waals surface area contributed by atoms with E-state index in [4.69, 9.17) is 11.6 Å². The molecule has 1 aliphatic rings. The number of halogens is 1. The van der Waals surface area contributed by atoms with Crippen molar-refractivity contribution in [3.8, 4) is 0 Å². The van der Waals surface area contributed by atoms with Crippen molar-refractivity contribution in [1.29, 1.82) is 0 Å². The van der Waals surface area contributed by atoms with Crippen molar-refractivity contribution in [3.05, 3.63) is 51.2 Å². The van der Waals surface area contributed by atoms with Gasteiger partial charge in [-0.2, -0.15) is 0 Å². The minimum absolute atomic E-state index is 0.0307. The maximum absolute atomic E-state index is 12.9. The number of nitrogens with one attached hydrogen (secondary N) is 2. The molecule has 1 aliphatic heterocycles. The normalized spacial score (nSPS) is 14.6. The van der Waals surface area contributed by atoms with E-state index < -0.39 is 0 Å². The summed E-state index contributed by atoms with van der Waals surface area (Å²) in [6.07, 6.45) is 1.70. The molecule has 6 nitrogen and oxygen atoms in total. The molecule has 2 N–H and O–H groups in total. The van der Waals surface area contributed by atoms with E-state index in [1.807, 2.05) is 5.38 Å². The molecule has 1 saturated heterocycles. The van der Waals surface area contributed by atoms with Crippen molar-refractivity contribution in [1.82, 2.24) is 10.2 Å². The summed E-state index contributed by atoms with van der Waals surface area (Å²) in [5, 5.41) is 7.82. The summed E-state index contributed by atoms with van der Waals surface area (Å²) < 4.78 is 0. The smallest absolute Gasteiger partial charge is 0.265 e. The zero-order chi connectivity index (χ0) is 20.1. The number of thiophene rings is 1. The molecule has 1 fully saturated rings. The van der Waals surface area contributed by atoms with E-state index in [9.17, 15) is 14.4 Å². The first-order valence-electron chi connectivity index (χ1n) is 9.12. The lowest BCUT2D eigenvalue weighted by molar-refractivity contribution is -0.119. The minimum atomic E-state index is -0.250. The molecule has 0 atom stereocenters. The lowest BCUT2D eigenvalue weighted by atomic mass is 9.96. The van der Waals surface area contributed by atoms with Crippen LogP contribution >= 0.6 is 22.9 Å². The summed E-state index contributed by atoms with van der Waals surface area (Å²) in [7, 11) is 0. The summed E-state index contributed by atoms with van der Waals surface area (Å²) in [5.41, 5.74) is 0.914. The van der Waals surface area contributed by atoms with E-state index in [0.29, 0.717) is 46.7 Å². The Morgan fingerprint density at radius 3 is 2.61 bits per heavy atom. The molecular formula is C20H22ClN3O3S. The number of likely N-dealkylation sites (tertiary alicyclic amines) is 1. The average Bonchev–Trinajstić information content (AvgIpc) is 3.23. The van der Waals surface area contributed by atoms with Gasteiger partial charge in [-0.1, -0.05) is 17.7 Å². The Morgan fingerprint density at radius 2 is 1.96 bits per heavy atom. The van der Waals surface area contributed by atoms with Gasteiger partial charge in [0, 0.05) is 32.1 Å². The van der Waals surface area contributed by atoms with Gasteiger partial charge < -0.3 is 15.5 Å². The Bertz CT molecular complexity index is 862. The van der Waals surface area contributed by atoms with E-state index >= 15 is 0 Å². The number of carbonyl (C=O) groups is 3. The predicted octanol–water partition coefficient (Wildman–Crippen LogP) is 3.64. The Kier molecular flexibility index (Phi) is 6.70. The highest BCUT2D eigenvalue weighted by Crippen LogP contribution is 2.26. The first kappa shape index (κ1) is 20.4. The maximum Gasteiger partial charge on any atom is 0.265 e. The SMILES string of the molecule is CC(=O)NCC1CCN(C(=O)c2ccc(Cl)c(NC(=O)c3cccs3)c2)CC1. The van der Waals surface area contributed by atoms with Crippen molar-refractivity contribution in [2.75, 3.05) is 25.0 Å². The summed E-state index contributed by atoms with van der Waals surface area (Å²) >= 11 is 7.54. The third-order valence-electron chi connectivity index (χ3n) is 4.75. The Balaban J connectivity index is 1.63. The molecule has 2 aromatic rings. The highest BCUT2D eigenvalue weighted by atomic mass is 35.5. The molecule has 0 saturated carbocycles. The number of benzene rings is 1. The Labute approximate surface area is 172 Å². The number of nitrogens with zero attached hydrogens (tertiary/aromatic N) is 1. The molecule has 0 aliphatic carbocycles. The van der Waals surface area contributed by atoms with Crippen molar-refractivity contribution in [2.24, 2.45) is 5.92 Å². The second-order valence-electron chi connectivity index (χ2n) is 6.80. The molecule has 2 heterocycles. The lowest BCUT2D eigenvalue weighted by Crippen LogP contribution is -2.41. The van der Waals surface area contributed by atoms with E-state index in [0.717, 1.165) is 12.8 Å². The van der Waals surface area contributed by atoms with Crippen molar-refractivity contribution in [2.45, 2.75) is 19.8 Å². The molecule has 148 valence electrons. The number of rotatable bonds is 5. The zero-order valence-electron chi connectivity index (χ0n) is 15.5. The van der Waals surface area contributed by atoms with E-state index in [1.54, 1.807) is 35.2 Å². The van der Waals surface area contributed by atoms with Gasteiger partial charge in [-0.25, -0.2) is 0 Å². The topological polar surface area (TPSA) is 78.5 Å². The van der Waals surface area contributed by atoms with Gasteiger partial charge in [0.1, 0.15) is 0 Å². The molecule has 3 rings (SSSR count). The monoisotopic (exact) mass is 419 g/mol. The van der Waals surface area contributed by atoms with E-state index in [-0.39, 0.29) is 17.7 Å². The van der Waals surface area contributed by atoms with Crippen LogP contribution in [-0.2, 0) is 4.79 Å². The maximum atomic E-state index is 12.9. The summed E-state index contributed by atoms with van der Waals surface area (Å²) in [4.78, 5) is 38.5. The van der Waals surface area contributed by atoms with Crippen molar-refractivity contribution in [3.63, 3.8) is 0 Å². The Morgan fingerprint density at radius 1 is 1.21 bits per heavy atom. The van der Waals surface area contributed by atoms with Crippen LogP contribution in [0.15, 0.2) is 35.7 Å². The minimum Gasteiger partial charge on any atom is -0.356 e. The number of carbonyl (C=O) groups excluding carboxylic acids is 3. The fourth-order valence-electron chi connectivity index (χ4n) is 3.16. The third kappa shape index (κ3) is 5.11. The molecular weight excluding hydrogens is 398 g/mol. The fraction of sp³-hybridized carbons (Fsp3) is 0.350. The number of hydrogen-bond acceptors (Lipinski definition) is 4. The van der Waals surface area contributed by atoms with Gasteiger partial charge in [0.15, 0.2) is 0 Å². The zero-order valence-corrected chi connectivity index (χ0v) is 17.1. The van der Waals surface area contributed by atoms with Gasteiger partial charge >= 0.3 is 0 Å². The van der Waals surface area contributed by atoms with Crippen LogP contribution in [0.25, 0.3) is 0 Å². The largest absolute Gasteiger partial charge is 0.356 e. The molecule has 8 heteroatoms. The summed E-state index contributed by atoms with van der Waals surface area (Å²) in [5.74, 6) is 0.0251. The number of anilines is 1. The second-order valence-corrected chi connectivity index (χ2v) is 8.15. The molecule has 1 aromatic carbocycles. The van der Waals surface area contributed by atoms with Crippen LogP contribution in [-0.4, -0.2) is 42.3 Å². The average molecular weight is 420 g/mol. The van der Waals surface area contributed by atoms with Crippen LogP contribution in [0.1, 0.15) is 39.8 Å². The quantitative estimate of drug-likeness (QED) is 0.776. The summed E-state index contributed by atoms with van der Waals surface area (Å²) in [6, 6.07) is 8.46. The van der Waals surface area contributed by atoms with Gasteiger partial charge in [-0.3, -0.25) is 14.4 Å². The Hall–Kier alpha value is -2.38. The number of amides is 3. The molecule has 0 spiro atoms. The first-order chi connectivity index (χ1) is 13.4. The first-order valence-corrected chi connectivity index (χ1v) is 10.4. The molecule has 0 radical (unpaired) electrons. The lowest BCUT2D eigenvalue weighted by Gasteiger charge is -2.32. The fourth-order valence-corrected chi connectivity index (χ4v) is 3.94. The molecule has 1 aromatic heterocycles. The number of piperidine rings is 1. The van der Waals surface area contributed by atoms with E-state index in [2.05, 4.69) is 10.6 Å². The van der Waals surface area contributed by atoms with Crippen molar-refractivity contribution < 1.29 is 14.4 Å². The predicted molar refractivity (Wildman–Crippen MR) is 111 cm³/mol. The van der Waals surface area contributed by atoms with Crippen LogP contribution in [0, 0.1) is 5.92 Å². The molecule has 0 bridgehead atoms. The van der Waals surface area contributed by atoms with Gasteiger partial charge in [-0.05, 0) is 48.4 Å². The molecule has 0 unspecified atom stereocenters. The van der Waals surface area contributed by atoms with Crippen LogP contribution < -0.4 is 10.6 Å². The van der Waals surface area contributed by atoms with Gasteiger partial charge in [0.25, 0.3) is 11.8 Å². The van der Waals surface area contributed by atoms with Crippen LogP contribution in [0.3, 0.4) is 0 Å². The summed E-state index contributed by atoms with van der Waals surface area (Å²) in [6.45, 7) is 3.44. The highest BCUT2D eigenvalue weighted by molar-refractivity contribution is 7.12. The third-order valence-corrected chi connectivity index (χ3v) is 5.95.